The third kappa shape index (κ3) is 8.27. The van der Waals surface area contributed by atoms with Crippen LogP contribution in [0, 0.1) is 5.92 Å². The number of benzene rings is 5. The molecule has 290 valence electrons. The second-order valence-corrected chi connectivity index (χ2v) is 13.6. The Labute approximate surface area is 332 Å². The molecule has 1 heterocycles. The Balaban J connectivity index is 1.36. The van der Waals surface area contributed by atoms with Crippen molar-refractivity contribution in [3.63, 3.8) is 0 Å². The van der Waals surface area contributed by atoms with E-state index < -0.39 is 78.0 Å². The summed E-state index contributed by atoms with van der Waals surface area (Å²) < 4.78 is 19.0. The molecule has 1 aliphatic heterocycles. The van der Waals surface area contributed by atoms with Gasteiger partial charge in [-0.25, -0.2) is 14.4 Å². The molecule has 12 nitrogen and oxygen atoms in total. The van der Waals surface area contributed by atoms with Gasteiger partial charge in [0.2, 0.25) is 0 Å². The SMILES string of the molecule is O=C(C[C@@H]1[C@H](OC(=O)c2ccccc2)[C@@H](OC(=O)c2ccccc2)[C@H](C2=CC(=O)c3ccccc3C2=O)O[C@@H]1CNC(=O)c1ccccc1C(=O)O)c1ccccc1. The molecule has 1 aliphatic carbocycles. The van der Waals surface area contributed by atoms with Gasteiger partial charge in [0.25, 0.3) is 5.91 Å². The Kier molecular flexibility index (Phi) is 11.6. The maximum atomic E-state index is 14.3. The third-order valence-electron chi connectivity index (χ3n) is 10.0. The lowest BCUT2D eigenvalue weighted by molar-refractivity contribution is -0.186. The molecule has 1 fully saturated rings. The molecule has 5 aromatic rings. The van der Waals surface area contributed by atoms with Crippen LogP contribution < -0.4 is 5.32 Å². The molecule has 2 N–H and O–H groups in total. The van der Waals surface area contributed by atoms with E-state index in [1.54, 1.807) is 78.9 Å². The summed E-state index contributed by atoms with van der Waals surface area (Å²) in [4.78, 5) is 95.4. The van der Waals surface area contributed by atoms with Crippen LogP contribution in [0.25, 0.3) is 0 Å². The van der Waals surface area contributed by atoms with Gasteiger partial charge in [0.1, 0.15) is 12.2 Å². The number of rotatable bonds is 12. The van der Waals surface area contributed by atoms with Gasteiger partial charge in [0.15, 0.2) is 23.5 Å². The van der Waals surface area contributed by atoms with Crippen molar-refractivity contribution in [3.8, 4) is 0 Å². The average molecular weight is 778 g/mol. The highest BCUT2D eigenvalue weighted by Crippen LogP contribution is 2.39. The highest BCUT2D eigenvalue weighted by Gasteiger charge is 2.53. The largest absolute Gasteiger partial charge is 0.478 e. The number of nitrogens with one attached hydrogen (secondary N) is 1. The lowest BCUT2D eigenvalue weighted by Gasteiger charge is -2.46. The number of Topliss-reactive ketones (excluding diaryl/α,β-unsaturated/α-hetero) is 2. The molecule has 7 rings (SSSR count). The van der Waals surface area contributed by atoms with Crippen molar-refractivity contribution in [1.82, 2.24) is 5.32 Å². The highest BCUT2D eigenvalue weighted by molar-refractivity contribution is 6.25. The van der Waals surface area contributed by atoms with Crippen LogP contribution in [-0.4, -0.2) is 77.2 Å². The van der Waals surface area contributed by atoms with E-state index in [4.69, 9.17) is 14.2 Å². The lowest BCUT2D eigenvalue weighted by atomic mass is 9.77. The molecular formula is C46H35NO11. The van der Waals surface area contributed by atoms with E-state index in [2.05, 4.69) is 5.32 Å². The summed E-state index contributed by atoms with van der Waals surface area (Å²) in [6.07, 6.45) is -5.28. The number of hydrogen-bond donors (Lipinski definition) is 2. The molecule has 1 saturated heterocycles. The van der Waals surface area contributed by atoms with Crippen LogP contribution in [-0.2, 0) is 14.2 Å². The second kappa shape index (κ2) is 17.2. The number of carboxylic acids is 1. The maximum absolute atomic E-state index is 14.3. The van der Waals surface area contributed by atoms with Gasteiger partial charge in [-0.1, -0.05) is 103 Å². The topological polar surface area (TPSA) is 179 Å². The zero-order valence-corrected chi connectivity index (χ0v) is 30.7. The van der Waals surface area contributed by atoms with Crippen LogP contribution in [0.2, 0.25) is 0 Å². The van der Waals surface area contributed by atoms with Gasteiger partial charge in [-0.2, -0.15) is 0 Å². The van der Waals surface area contributed by atoms with Gasteiger partial charge in [0, 0.05) is 41.1 Å². The van der Waals surface area contributed by atoms with Crippen molar-refractivity contribution < 1.29 is 52.9 Å². The predicted molar refractivity (Wildman–Crippen MR) is 208 cm³/mol. The number of carbonyl (C=O) groups is 7. The van der Waals surface area contributed by atoms with Crippen molar-refractivity contribution in [2.75, 3.05) is 6.54 Å². The standard InChI is InChI=1S/C46H35NO11/c48-36(27-14-4-1-5-15-27)24-34-38(26-47-43(51)32-22-12-13-23-33(32)44(52)53)56-41(35-25-37(49)30-20-10-11-21-31(30)39(35)50)42(58-46(55)29-18-8-3-9-19-29)40(34)57-45(54)28-16-6-2-7-17-28/h1-23,25,34,38,40-42H,24,26H2,(H,47,51)(H,52,53)/t34-,38+,40-,41-,42+/m0/s1. The monoisotopic (exact) mass is 777 g/mol. The molecule has 0 bridgehead atoms. The third-order valence-corrected chi connectivity index (χ3v) is 10.0. The number of allylic oxidation sites excluding steroid dienone is 1. The Bertz CT molecular complexity index is 2430. The first-order valence-electron chi connectivity index (χ1n) is 18.4. The molecule has 2 aliphatic rings. The summed E-state index contributed by atoms with van der Waals surface area (Å²) in [6, 6.07) is 35.9. The molecule has 0 radical (unpaired) electrons. The van der Waals surface area contributed by atoms with Crippen LogP contribution in [0.4, 0.5) is 0 Å². The summed E-state index contributed by atoms with van der Waals surface area (Å²) in [6.45, 7) is -0.402. The van der Waals surface area contributed by atoms with Crippen LogP contribution in [0.15, 0.2) is 151 Å². The smallest absolute Gasteiger partial charge is 0.338 e. The van der Waals surface area contributed by atoms with Crippen molar-refractivity contribution >= 4 is 41.2 Å². The first-order chi connectivity index (χ1) is 28.1. The Morgan fingerprint density at radius 2 is 1.10 bits per heavy atom. The molecule has 1 amide bonds. The number of ether oxygens (including phenoxy) is 3. The molecule has 0 aromatic heterocycles. The second-order valence-electron chi connectivity index (χ2n) is 13.6. The van der Waals surface area contributed by atoms with Crippen molar-refractivity contribution in [2.24, 2.45) is 5.92 Å². The number of hydrogen-bond acceptors (Lipinski definition) is 10. The number of fused-ring (bicyclic) bond motifs is 1. The van der Waals surface area contributed by atoms with Gasteiger partial charge < -0.3 is 24.6 Å². The number of ketones is 3. The van der Waals surface area contributed by atoms with E-state index >= 15 is 0 Å². The summed E-state index contributed by atoms with van der Waals surface area (Å²) in [5.74, 6) is -6.59. The molecule has 58 heavy (non-hydrogen) atoms. The van der Waals surface area contributed by atoms with E-state index in [1.807, 2.05) is 0 Å². The first-order valence-corrected chi connectivity index (χ1v) is 18.4. The summed E-state index contributed by atoms with van der Waals surface area (Å²) in [5, 5.41) is 12.5. The summed E-state index contributed by atoms with van der Waals surface area (Å²) >= 11 is 0. The number of amides is 1. The summed E-state index contributed by atoms with van der Waals surface area (Å²) in [5.41, 5.74) is 0.114. The van der Waals surface area contributed by atoms with Gasteiger partial charge >= 0.3 is 17.9 Å². The van der Waals surface area contributed by atoms with E-state index in [0.717, 1.165) is 6.08 Å². The minimum absolute atomic E-state index is 0.0658. The molecular weight excluding hydrogens is 743 g/mol. The minimum atomic E-state index is -1.62. The van der Waals surface area contributed by atoms with Crippen LogP contribution in [0.5, 0.6) is 0 Å². The van der Waals surface area contributed by atoms with Crippen LogP contribution >= 0.6 is 0 Å². The van der Waals surface area contributed by atoms with E-state index in [9.17, 15) is 38.7 Å². The van der Waals surface area contributed by atoms with E-state index in [-0.39, 0.29) is 45.4 Å². The van der Waals surface area contributed by atoms with E-state index in [1.165, 1.54) is 60.7 Å². The number of carbonyl (C=O) groups excluding carboxylic acids is 6. The van der Waals surface area contributed by atoms with Crippen LogP contribution in [0.1, 0.15) is 78.9 Å². The maximum Gasteiger partial charge on any atom is 0.338 e. The Morgan fingerprint density at radius 3 is 1.69 bits per heavy atom. The van der Waals surface area contributed by atoms with Crippen molar-refractivity contribution in [1.29, 1.82) is 0 Å². The number of carboxylic acid groups (broad SMARTS) is 1. The normalized spacial score (nSPS) is 19.9. The van der Waals surface area contributed by atoms with Gasteiger partial charge in [-0.15, -0.1) is 0 Å². The molecule has 12 heteroatoms. The van der Waals surface area contributed by atoms with Crippen molar-refractivity contribution in [2.45, 2.75) is 30.8 Å². The van der Waals surface area contributed by atoms with Gasteiger partial charge in [0.05, 0.1) is 28.4 Å². The van der Waals surface area contributed by atoms with E-state index in [0.29, 0.717) is 5.56 Å². The summed E-state index contributed by atoms with van der Waals surface area (Å²) in [7, 11) is 0. The average Bonchev–Trinajstić information content (AvgIpc) is 3.26. The van der Waals surface area contributed by atoms with Gasteiger partial charge in [-0.05, 0) is 42.5 Å². The lowest BCUT2D eigenvalue weighted by Crippen LogP contribution is -2.61. The first kappa shape index (κ1) is 38.9. The molecule has 0 saturated carbocycles. The number of esters is 2. The fourth-order valence-corrected chi connectivity index (χ4v) is 7.17. The molecule has 0 spiro atoms. The molecule has 5 aromatic carbocycles. The van der Waals surface area contributed by atoms with Gasteiger partial charge in [-0.3, -0.25) is 19.2 Å². The predicted octanol–water partition coefficient (Wildman–Crippen LogP) is 6.23. The zero-order valence-electron chi connectivity index (χ0n) is 30.7. The van der Waals surface area contributed by atoms with Crippen molar-refractivity contribution in [3.05, 3.63) is 190 Å². The zero-order chi connectivity index (χ0) is 40.8. The quantitative estimate of drug-likeness (QED) is 0.108. The highest BCUT2D eigenvalue weighted by atomic mass is 16.6. The van der Waals surface area contributed by atoms with Crippen LogP contribution in [0.3, 0.4) is 0 Å². The number of aromatic carboxylic acids is 1. The Morgan fingerprint density at radius 1 is 0.603 bits per heavy atom. The Hall–Kier alpha value is -7.31. The molecule has 0 unspecified atom stereocenters. The fraction of sp³-hybridized carbons (Fsp3) is 0.152. The minimum Gasteiger partial charge on any atom is -0.478 e. The molecule has 5 atom stereocenters. The fourth-order valence-electron chi connectivity index (χ4n) is 7.17.